The lowest BCUT2D eigenvalue weighted by atomic mass is 9.91. The smallest absolute Gasteiger partial charge is 0.412 e. The number of alkyl halides is 1. The van der Waals surface area contributed by atoms with Crippen LogP contribution in [0.3, 0.4) is 0 Å². The lowest BCUT2D eigenvalue weighted by Crippen LogP contribution is -2.52. The molecule has 1 heterocycles. The molecule has 134 valence electrons. The van der Waals surface area contributed by atoms with Crippen LogP contribution in [0, 0.1) is 5.41 Å². The molecule has 1 aliphatic rings. The average molecular weight is 438 g/mol. The molecule has 0 aromatic rings. The number of hydrogen-bond donors (Lipinski definition) is 0. The summed E-state index contributed by atoms with van der Waals surface area (Å²) in [4.78, 5) is 28.9. The highest BCUT2D eigenvalue weighted by atomic mass is 127. The molecule has 5 nitrogen and oxygen atoms in total. The molecule has 0 bridgehead atoms. The van der Waals surface area contributed by atoms with Gasteiger partial charge in [-0.1, -0.05) is 49.8 Å². The van der Waals surface area contributed by atoms with Crippen molar-refractivity contribution in [2.75, 3.05) is 11.5 Å². The van der Waals surface area contributed by atoms with E-state index in [4.69, 9.17) is 4.74 Å². The third-order valence-corrected chi connectivity index (χ3v) is 4.60. The van der Waals surface area contributed by atoms with Gasteiger partial charge < -0.3 is 9.64 Å². The number of rotatable bonds is 4. The molecule has 0 aromatic heterocycles. The van der Waals surface area contributed by atoms with Crippen LogP contribution in [0.25, 0.3) is 0 Å². The quantitative estimate of drug-likeness (QED) is 0.378. The van der Waals surface area contributed by atoms with Crippen LogP contribution in [-0.4, -0.2) is 51.1 Å². The van der Waals surface area contributed by atoms with E-state index in [9.17, 15) is 9.59 Å². The number of amides is 2. The summed E-state index contributed by atoms with van der Waals surface area (Å²) in [6.07, 6.45) is 2.00. The Balaban J connectivity index is 3.10. The molecule has 0 aliphatic carbocycles. The van der Waals surface area contributed by atoms with Crippen molar-refractivity contribution < 1.29 is 14.3 Å². The molecule has 0 aromatic carbocycles. The van der Waals surface area contributed by atoms with Crippen LogP contribution >= 0.6 is 22.6 Å². The number of hydrogen-bond acceptors (Lipinski definition) is 3. The highest BCUT2D eigenvalue weighted by Gasteiger charge is 2.52. The standard InChI is InChI=1S/C17H31IN2O3/c1-16(2,3)14-19(7)13(21)12(10-8-9-11-18)20(14)15(22)23-17(4,5)6/h12,14H,8-11H2,1-7H3. The van der Waals surface area contributed by atoms with Crippen molar-refractivity contribution in [2.24, 2.45) is 5.41 Å². The zero-order valence-corrected chi connectivity index (χ0v) is 17.6. The second kappa shape index (κ2) is 7.57. The van der Waals surface area contributed by atoms with Gasteiger partial charge in [0.05, 0.1) is 0 Å². The summed E-state index contributed by atoms with van der Waals surface area (Å²) >= 11 is 2.34. The average Bonchev–Trinajstić information content (AvgIpc) is 2.61. The van der Waals surface area contributed by atoms with Gasteiger partial charge in [0.2, 0.25) is 5.91 Å². The molecule has 0 radical (unpaired) electrons. The maximum Gasteiger partial charge on any atom is 0.412 e. The fourth-order valence-electron chi connectivity index (χ4n) is 3.07. The molecule has 0 spiro atoms. The molecule has 1 saturated heterocycles. The molecule has 1 fully saturated rings. The summed E-state index contributed by atoms with van der Waals surface area (Å²) < 4.78 is 6.65. The van der Waals surface area contributed by atoms with E-state index in [0.717, 1.165) is 17.3 Å². The van der Waals surface area contributed by atoms with Gasteiger partial charge in [0.1, 0.15) is 17.8 Å². The van der Waals surface area contributed by atoms with Crippen molar-refractivity contribution in [3.05, 3.63) is 0 Å². The Labute approximate surface area is 154 Å². The molecule has 2 unspecified atom stereocenters. The van der Waals surface area contributed by atoms with E-state index < -0.39 is 17.7 Å². The van der Waals surface area contributed by atoms with Gasteiger partial charge in [-0.2, -0.15) is 0 Å². The van der Waals surface area contributed by atoms with Gasteiger partial charge in [-0.05, 0) is 38.0 Å². The monoisotopic (exact) mass is 438 g/mol. The van der Waals surface area contributed by atoms with E-state index in [1.54, 1.807) is 16.8 Å². The minimum absolute atomic E-state index is 0.0178. The van der Waals surface area contributed by atoms with Gasteiger partial charge in [-0.15, -0.1) is 0 Å². The number of ether oxygens (including phenoxy) is 1. The Kier molecular flexibility index (Phi) is 6.75. The van der Waals surface area contributed by atoms with E-state index in [1.807, 2.05) is 41.5 Å². The summed E-state index contributed by atoms with van der Waals surface area (Å²) in [5.74, 6) is 0.0178. The second-order valence-corrected chi connectivity index (χ2v) is 9.36. The molecule has 23 heavy (non-hydrogen) atoms. The largest absolute Gasteiger partial charge is 0.444 e. The molecule has 6 heteroatoms. The predicted molar refractivity (Wildman–Crippen MR) is 101 cm³/mol. The highest BCUT2D eigenvalue weighted by molar-refractivity contribution is 14.1. The van der Waals surface area contributed by atoms with Crippen LogP contribution in [0.5, 0.6) is 0 Å². The van der Waals surface area contributed by atoms with Crippen LogP contribution in [0.4, 0.5) is 4.79 Å². The zero-order chi connectivity index (χ0) is 18.0. The molecule has 1 rings (SSSR count). The van der Waals surface area contributed by atoms with Gasteiger partial charge in [0, 0.05) is 12.5 Å². The minimum atomic E-state index is -0.573. The van der Waals surface area contributed by atoms with Crippen LogP contribution in [0.1, 0.15) is 60.8 Å². The maximum atomic E-state index is 12.8. The van der Waals surface area contributed by atoms with E-state index in [-0.39, 0.29) is 17.5 Å². The molecular formula is C17H31IN2O3. The summed E-state index contributed by atoms with van der Waals surface area (Å²) in [5, 5.41) is 0. The second-order valence-electron chi connectivity index (χ2n) is 8.28. The van der Waals surface area contributed by atoms with E-state index >= 15 is 0 Å². The molecule has 1 aliphatic heterocycles. The molecule has 0 N–H and O–H groups in total. The van der Waals surface area contributed by atoms with Crippen molar-refractivity contribution in [1.29, 1.82) is 0 Å². The Morgan fingerprint density at radius 1 is 1.17 bits per heavy atom. The maximum absolute atomic E-state index is 12.8. The number of carbonyl (C=O) groups is 2. The zero-order valence-electron chi connectivity index (χ0n) is 15.5. The normalized spacial score (nSPS) is 22.7. The number of likely N-dealkylation sites (N-methyl/N-ethyl adjacent to an activating group) is 1. The van der Waals surface area contributed by atoms with Gasteiger partial charge in [-0.3, -0.25) is 9.69 Å². The van der Waals surface area contributed by atoms with Gasteiger partial charge in [0.25, 0.3) is 0 Å². The number of unbranched alkanes of at least 4 members (excludes halogenated alkanes) is 1. The van der Waals surface area contributed by atoms with E-state index in [0.29, 0.717) is 6.42 Å². The third kappa shape index (κ3) is 5.22. The van der Waals surface area contributed by atoms with Crippen molar-refractivity contribution >= 4 is 34.6 Å². The molecule has 2 amide bonds. The first-order valence-corrected chi connectivity index (χ1v) is 9.76. The van der Waals surface area contributed by atoms with Gasteiger partial charge in [-0.25, -0.2) is 4.79 Å². The lowest BCUT2D eigenvalue weighted by molar-refractivity contribution is -0.129. The van der Waals surface area contributed by atoms with Crippen molar-refractivity contribution in [3.8, 4) is 0 Å². The molecule has 0 saturated carbocycles. The fourth-order valence-corrected chi connectivity index (χ4v) is 3.61. The van der Waals surface area contributed by atoms with Crippen LogP contribution in [-0.2, 0) is 9.53 Å². The van der Waals surface area contributed by atoms with Crippen LogP contribution in [0.15, 0.2) is 0 Å². The topological polar surface area (TPSA) is 49.9 Å². The van der Waals surface area contributed by atoms with Crippen molar-refractivity contribution in [3.63, 3.8) is 0 Å². The predicted octanol–water partition coefficient (Wildman–Crippen LogP) is 4.04. The van der Waals surface area contributed by atoms with E-state index in [2.05, 4.69) is 22.6 Å². The summed E-state index contributed by atoms with van der Waals surface area (Å²) in [5.41, 5.74) is -0.810. The fraction of sp³-hybridized carbons (Fsp3) is 0.882. The third-order valence-electron chi connectivity index (χ3n) is 3.84. The highest BCUT2D eigenvalue weighted by Crippen LogP contribution is 2.36. The van der Waals surface area contributed by atoms with Crippen LogP contribution in [0.2, 0.25) is 0 Å². The Hall–Kier alpha value is -0.530. The Morgan fingerprint density at radius 2 is 1.74 bits per heavy atom. The first-order chi connectivity index (χ1) is 10.4. The molecule has 2 atom stereocenters. The van der Waals surface area contributed by atoms with Gasteiger partial charge >= 0.3 is 6.09 Å². The van der Waals surface area contributed by atoms with Crippen molar-refractivity contribution in [1.82, 2.24) is 9.80 Å². The van der Waals surface area contributed by atoms with Gasteiger partial charge in [0.15, 0.2) is 0 Å². The SMILES string of the molecule is CN1C(=O)C(CCCCI)N(C(=O)OC(C)(C)C)C1C(C)(C)C. The Bertz CT molecular complexity index is 440. The minimum Gasteiger partial charge on any atom is -0.444 e. The first-order valence-electron chi connectivity index (χ1n) is 8.24. The number of nitrogens with zero attached hydrogens (tertiary/aromatic N) is 2. The van der Waals surface area contributed by atoms with E-state index in [1.165, 1.54) is 0 Å². The number of carbonyl (C=O) groups excluding carboxylic acids is 2. The first kappa shape index (κ1) is 20.5. The van der Waals surface area contributed by atoms with Crippen molar-refractivity contribution in [2.45, 2.75) is 78.6 Å². The lowest BCUT2D eigenvalue weighted by Gasteiger charge is -2.39. The summed E-state index contributed by atoms with van der Waals surface area (Å²) in [6, 6.07) is -0.415. The summed E-state index contributed by atoms with van der Waals surface area (Å²) in [7, 11) is 1.79. The Morgan fingerprint density at radius 3 is 2.17 bits per heavy atom. The summed E-state index contributed by atoms with van der Waals surface area (Å²) in [6.45, 7) is 11.7. The van der Waals surface area contributed by atoms with Crippen LogP contribution < -0.4 is 0 Å². The molecular weight excluding hydrogens is 407 g/mol. The number of halogens is 1.